The van der Waals surface area contributed by atoms with Gasteiger partial charge >= 0.3 is 5.97 Å². The third-order valence-electron chi connectivity index (χ3n) is 11.7. The molecular formula is C48H97NO2. The van der Waals surface area contributed by atoms with Crippen molar-refractivity contribution < 1.29 is 9.90 Å². The lowest BCUT2D eigenvalue weighted by Crippen LogP contribution is -2.42. The normalized spacial score (nSPS) is 12.3. The number of carbonyl (C=O) groups is 1. The van der Waals surface area contributed by atoms with Crippen molar-refractivity contribution in [1.29, 1.82) is 0 Å². The predicted octanol–water partition coefficient (Wildman–Crippen LogP) is 16.8. The largest absolute Gasteiger partial charge is 0.480 e. The maximum atomic E-state index is 11.9. The molecule has 0 amide bonds. The van der Waals surface area contributed by atoms with Gasteiger partial charge in [0.25, 0.3) is 0 Å². The maximum Gasteiger partial charge on any atom is 0.320 e. The first-order valence-corrected chi connectivity index (χ1v) is 24.1. The van der Waals surface area contributed by atoms with E-state index in [-0.39, 0.29) is 6.04 Å². The summed E-state index contributed by atoms with van der Waals surface area (Å²) in [6.45, 7) is 8.56. The van der Waals surface area contributed by atoms with Crippen LogP contribution in [0.5, 0.6) is 0 Å². The number of carboxylic acid groups (broad SMARTS) is 1. The van der Waals surface area contributed by atoms with Crippen molar-refractivity contribution in [1.82, 2.24) is 4.90 Å². The molecule has 1 atom stereocenters. The lowest BCUT2D eigenvalue weighted by molar-refractivity contribution is -0.143. The average Bonchev–Trinajstić information content (AvgIpc) is 3.13. The van der Waals surface area contributed by atoms with E-state index in [9.17, 15) is 9.90 Å². The molecule has 0 aliphatic carbocycles. The summed E-state index contributed by atoms with van der Waals surface area (Å²) in [7, 11) is 0. The highest BCUT2D eigenvalue weighted by Gasteiger charge is 2.22. The fraction of sp³-hybridized carbons (Fsp3) is 0.979. The van der Waals surface area contributed by atoms with E-state index in [1.165, 1.54) is 244 Å². The Morgan fingerprint density at radius 2 is 0.510 bits per heavy atom. The van der Waals surface area contributed by atoms with Crippen LogP contribution in [0.2, 0.25) is 0 Å². The van der Waals surface area contributed by atoms with Crippen molar-refractivity contribution >= 4 is 5.97 Å². The van der Waals surface area contributed by atoms with E-state index in [4.69, 9.17) is 0 Å². The van der Waals surface area contributed by atoms with Crippen LogP contribution >= 0.6 is 0 Å². The van der Waals surface area contributed by atoms with E-state index >= 15 is 0 Å². The Hall–Kier alpha value is -0.570. The third-order valence-corrected chi connectivity index (χ3v) is 11.7. The number of aliphatic carboxylic acids is 1. The molecule has 3 heteroatoms. The predicted molar refractivity (Wildman–Crippen MR) is 229 cm³/mol. The first-order chi connectivity index (χ1) is 25.2. The second-order valence-corrected chi connectivity index (χ2v) is 16.7. The summed E-state index contributed by atoms with van der Waals surface area (Å²) in [6, 6.07) is -0.300. The minimum absolute atomic E-state index is 0.300. The zero-order valence-electron chi connectivity index (χ0n) is 35.8. The van der Waals surface area contributed by atoms with Crippen molar-refractivity contribution in [2.24, 2.45) is 0 Å². The Labute approximate surface area is 323 Å². The molecule has 0 spiro atoms. The van der Waals surface area contributed by atoms with Crippen LogP contribution in [0, 0.1) is 0 Å². The van der Waals surface area contributed by atoms with Crippen molar-refractivity contribution in [3.05, 3.63) is 0 Å². The first-order valence-electron chi connectivity index (χ1n) is 24.1. The number of nitrogens with zero attached hydrogens (tertiary/aromatic N) is 1. The van der Waals surface area contributed by atoms with Gasteiger partial charge in [0, 0.05) is 0 Å². The Bertz CT molecular complexity index is 607. The van der Waals surface area contributed by atoms with Crippen molar-refractivity contribution in [2.75, 3.05) is 13.1 Å². The van der Waals surface area contributed by atoms with E-state index in [1.54, 1.807) is 0 Å². The molecule has 0 saturated heterocycles. The Kier molecular flexibility index (Phi) is 43.3. The summed E-state index contributed by atoms with van der Waals surface area (Å²) in [6.07, 6.45) is 56.8. The van der Waals surface area contributed by atoms with Crippen LogP contribution in [0.15, 0.2) is 0 Å². The van der Waals surface area contributed by atoms with E-state index in [2.05, 4.69) is 18.7 Å². The highest BCUT2D eigenvalue weighted by atomic mass is 16.4. The lowest BCUT2D eigenvalue weighted by Gasteiger charge is -2.28. The molecule has 3 nitrogen and oxygen atoms in total. The summed E-state index contributed by atoms with van der Waals surface area (Å²) in [5.74, 6) is -0.626. The molecule has 0 aliphatic rings. The van der Waals surface area contributed by atoms with Crippen LogP contribution in [0.4, 0.5) is 0 Å². The highest BCUT2D eigenvalue weighted by molar-refractivity contribution is 5.73. The Morgan fingerprint density at radius 3 is 0.667 bits per heavy atom. The number of rotatable bonds is 45. The van der Waals surface area contributed by atoms with Gasteiger partial charge in [-0.1, -0.05) is 265 Å². The SMILES string of the molecule is CCCCCCCCCCCCCCCCCCCCCCN(CCCCCCCCCCCCCCCCCCCCCC)C(CC)C(=O)O. The summed E-state index contributed by atoms with van der Waals surface area (Å²) in [4.78, 5) is 14.2. The van der Waals surface area contributed by atoms with Crippen LogP contribution in [0.25, 0.3) is 0 Å². The third kappa shape index (κ3) is 39.0. The van der Waals surface area contributed by atoms with Gasteiger partial charge in [-0.2, -0.15) is 0 Å². The van der Waals surface area contributed by atoms with E-state index in [1.807, 2.05) is 6.92 Å². The molecular weight excluding hydrogens is 623 g/mol. The summed E-state index contributed by atoms with van der Waals surface area (Å²) in [5, 5.41) is 9.83. The molecule has 0 radical (unpaired) electrons. The molecule has 0 aromatic rings. The van der Waals surface area contributed by atoms with Crippen LogP contribution < -0.4 is 0 Å². The minimum atomic E-state index is -0.626. The molecule has 1 N–H and O–H groups in total. The molecule has 0 heterocycles. The van der Waals surface area contributed by atoms with Gasteiger partial charge in [0.2, 0.25) is 0 Å². The van der Waals surface area contributed by atoms with Crippen molar-refractivity contribution in [2.45, 2.75) is 290 Å². The summed E-state index contributed by atoms with van der Waals surface area (Å²) in [5.41, 5.74) is 0. The molecule has 0 rings (SSSR count). The lowest BCUT2D eigenvalue weighted by atomic mass is 10.0. The molecule has 0 aliphatic heterocycles. The van der Waals surface area contributed by atoms with Gasteiger partial charge in [-0.15, -0.1) is 0 Å². The summed E-state index contributed by atoms with van der Waals surface area (Å²) < 4.78 is 0. The van der Waals surface area contributed by atoms with Crippen LogP contribution in [0.3, 0.4) is 0 Å². The van der Waals surface area contributed by atoms with E-state index < -0.39 is 5.97 Å². The molecule has 1 unspecified atom stereocenters. The molecule has 0 aromatic carbocycles. The van der Waals surface area contributed by atoms with E-state index in [0.29, 0.717) is 6.42 Å². The van der Waals surface area contributed by atoms with Gasteiger partial charge in [-0.05, 0) is 32.4 Å². The smallest absolute Gasteiger partial charge is 0.320 e. The van der Waals surface area contributed by atoms with Crippen LogP contribution in [-0.4, -0.2) is 35.1 Å². The van der Waals surface area contributed by atoms with Gasteiger partial charge in [-0.25, -0.2) is 0 Å². The van der Waals surface area contributed by atoms with Crippen LogP contribution in [-0.2, 0) is 4.79 Å². The maximum absolute atomic E-state index is 11.9. The van der Waals surface area contributed by atoms with E-state index in [0.717, 1.165) is 25.9 Å². The van der Waals surface area contributed by atoms with Gasteiger partial charge < -0.3 is 5.11 Å². The minimum Gasteiger partial charge on any atom is -0.480 e. The quantitative estimate of drug-likeness (QED) is 0.0637. The molecule has 0 fully saturated rings. The van der Waals surface area contributed by atoms with Gasteiger partial charge in [0.05, 0.1) is 0 Å². The Morgan fingerprint density at radius 1 is 0.333 bits per heavy atom. The fourth-order valence-electron chi connectivity index (χ4n) is 8.15. The molecule has 51 heavy (non-hydrogen) atoms. The fourth-order valence-corrected chi connectivity index (χ4v) is 8.15. The summed E-state index contributed by atoms with van der Waals surface area (Å²) >= 11 is 0. The molecule has 0 aromatic heterocycles. The highest BCUT2D eigenvalue weighted by Crippen LogP contribution is 2.18. The second kappa shape index (κ2) is 43.8. The van der Waals surface area contributed by atoms with Crippen molar-refractivity contribution in [3.63, 3.8) is 0 Å². The van der Waals surface area contributed by atoms with Gasteiger partial charge in [0.15, 0.2) is 0 Å². The monoisotopic (exact) mass is 720 g/mol. The van der Waals surface area contributed by atoms with Gasteiger partial charge in [-0.3, -0.25) is 9.69 Å². The Balaban J connectivity index is 3.62. The van der Waals surface area contributed by atoms with Crippen molar-refractivity contribution in [3.8, 4) is 0 Å². The standard InChI is InChI=1S/C48H97NO2/c1-4-7-9-11-13-15-17-19-21-23-25-27-29-31-33-35-37-39-41-43-45-49(47(6-3)48(50)51)46-44-42-40-38-36-34-32-30-28-26-24-22-20-18-16-14-12-10-8-5-2/h47H,4-46H2,1-3H3,(H,50,51). The topological polar surface area (TPSA) is 40.5 Å². The average molecular weight is 720 g/mol. The number of unbranched alkanes of at least 4 members (excludes halogenated alkanes) is 38. The number of hydrogen-bond acceptors (Lipinski definition) is 2. The van der Waals surface area contributed by atoms with Crippen LogP contribution in [0.1, 0.15) is 284 Å². The number of hydrogen-bond donors (Lipinski definition) is 1. The molecule has 0 bridgehead atoms. The molecule has 306 valence electrons. The zero-order valence-corrected chi connectivity index (χ0v) is 35.8. The number of carboxylic acids is 1. The van der Waals surface area contributed by atoms with Gasteiger partial charge in [0.1, 0.15) is 6.04 Å². The molecule has 0 saturated carbocycles. The first kappa shape index (κ1) is 50.4. The second-order valence-electron chi connectivity index (χ2n) is 16.7. The zero-order chi connectivity index (χ0) is 37.1.